The number of hydrogen-bond donors (Lipinski definition) is 2. The first-order valence-corrected chi connectivity index (χ1v) is 8.30. The molecule has 4 heteroatoms. The van der Waals surface area contributed by atoms with Crippen LogP contribution >= 0.6 is 0 Å². The van der Waals surface area contributed by atoms with Crippen LogP contribution in [0.3, 0.4) is 0 Å². The van der Waals surface area contributed by atoms with Gasteiger partial charge >= 0.3 is 0 Å². The van der Waals surface area contributed by atoms with Crippen molar-refractivity contribution in [1.29, 1.82) is 0 Å². The maximum atomic E-state index is 12.1. The fourth-order valence-corrected chi connectivity index (χ4v) is 3.67. The predicted octanol–water partition coefficient (Wildman–Crippen LogP) is 2.33. The number of aryl methyl sites for hydroxylation is 1. The van der Waals surface area contributed by atoms with Crippen molar-refractivity contribution in [2.75, 3.05) is 0 Å². The summed E-state index contributed by atoms with van der Waals surface area (Å²) in [5.41, 5.74) is 1.23. The molecule has 2 fully saturated rings. The Labute approximate surface area is 131 Å². The first-order chi connectivity index (χ1) is 10.7. The molecule has 1 aliphatic heterocycles. The Bertz CT molecular complexity index is 533. The Morgan fingerprint density at radius 3 is 2.55 bits per heavy atom. The molecule has 3 rings (SSSR count). The van der Waals surface area contributed by atoms with Gasteiger partial charge in [-0.3, -0.25) is 9.59 Å². The molecule has 2 N–H and O–H groups in total. The Balaban J connectivity index is 1.41. The molecular weight excluding hydrogens is 276 g/mol. The van der Waals surface area contributed by atoms with E-state index in [1.807, 2.05) is 18.2 Å². The predicted molar refractivity (Wildman–Crippen MR) is 85.3 cm³/mol. The van der Waals surface area contributed by atoms with E-state index in [9.17, 15) is 9.59 Å². The molecule has 1 heterocycles. The van der Waals surface area contributed by atoms with E-state index in [1.54, 1.807) is 0 Å². The minimum atomic E-state index is 0.0301. The number of hydrogen-bond acceptors (Lipinski definition) is 2. The molecule has 2 aliphatic rings. The van der Waals surface area contributed by atoms with Crippen molar-refractivity contribution in [3.05, 3.63) is 35.9 Å². The van der Waals surface area contributed by atoms with E-state index in [0.717, 1.165) is 38.5 Å². The highest BCUT2D eigenvalue weighted by atomic mass is 16.2. The van der Waals surface area contributed by atoms with Crippen molar-refractivity contribution < 1.29 is 9.59 Å². The van der Waals surface area contributed by atoms with Crippen molar-refractivity contribution >= 4 is 11.8 Å². The highest BCUT2D eigenvalue weighted by Gasteiger charge is 2.40. The van der Waals surface area contributed by atoms with Crippen molar-refractivity contribution in [2.24, 2.45) is 0 Å². The zero-order valence-corrected chi connectivity index (χ0v) is 12.9. The van der Waals surface area contributed by atoms with Crippen LogP contribution in [0.1, 0.15) is 50.5 Å². The third kappa shape index (κ3) is 3.67. The maximum absolute atomic E-state index is 12.1. The van der Waals surface area contributed by atoms with Gasteiger partial charge in [0.2, 0.25) is 11.8 Å². The van der Waals surface area contributed by atoms with Crippen LogP contribution in [0.5, 0.6) is 0 Å². The minimum absolute atomic E-state index is 0.0301. The monoisotopic (exact) mass is 300 g/mol. The molecule has 4 nitrogen and oxygen atoms in total. The van der Waals surface area contributed by atoms with Gasteiger partial charge in [-0.2, -0.15) is 0 Å². The van der Waals surface area contributed by atoms with Crippen molar-refractivity contribution in [2.45, 2.75) is 62.9 Å². The summed E-state index contributed by atoms with van der Waals surface area (Å²) in [7, 11) is 0. The first-order valence-electron chi connectivity index (χ1n) is 8.30. The third-order valence-electron chi connectivity index (χ3n) is 5.03. The van der Waals surface area contributed by atoms with Gasteiger partial charge in [-0.25, -0.2) is 0 Å². The van der Waals surface area contributed by atoms with Crippen molar-refractivity contribution in [1.82, 2.24) is 10.6 Å². The largest absolute Gasteiger partial charge is 0.353 e. The van der Waals surface area contributed by atoms with E-state index in [0.29, 0.717) is 12.8 Å². The molecular formula is C18H24N2O2. The molecule has 0 bridgehead atoms. The number of nitrogens with one attached hydrogen (secondary N) is 2. The molecule has 0 radical (unpaired) electrons. The average molecular weight is 300 g/mol. The van der Waals surface area contributed by atoms with Crippen LogP contribution in [-0.2, 0) is 16.0 Å². The number of benzene rings is 1. The fraction of sp³-hybridized carbons (Fsp3) is 0.556. The summed E-state index contributed by atoms with van der Waals surface area (Å²) in [5, 5.41) is 6.29. The summed E-state index contributed by atoms with van der Waals surface area (Å²) in [5.74, 6) is 0.325. The highest BCUT2D eigenvalue weighted by Crippen LogP contribution is 2.35. The Morgan fingerprint density at radius 2 is 1.91 bits per heavy atom. The molecule has 0 unspecified atom stereocenters. The molecule has 0 atom stereocenters. The van der Waals surface area contributed by atoms with E-state index >= 15 is 0 Å². The van der Waals surface area contributed by atoms with Crippen LogP contribution in [0.2, 0.25) is 0 Å². The molecule has 1 aromatic rings. The lowest BCUT2D eigenvalue weighted by Gasteiger charge is -2.37. The molecule has 118 valence electrons. The number of carbonyl (C=O) groups is 2. The van der Waals surface area contributed by atoms with Crippen molar-refractivity contribution in [3.8, 4) is 0 Å². The van der Waals surface area contributed by atoms with Gasteiger partial charge in [0.25, 0.3) is 0 Å². The molecule has 1 saturated carbocycles. The quantitative estimate of drug-likeness (QED) is 0.896. The van der Waals surface area contributed by atoms with Gasteiger partial charge in [0, 0.05) is 24.4 Å². The van der Waals surface area contributed by atoms with Crippen LogP contribution in [0.15, 0.2) is 30.3 Å². The summed E-state index contributed by atoms with van der Waals surface area (Å²) in [6.07, 6.45) is 6.87. The second-order valence-corrected chi connectivity index (χ2v) is 6.66. The van der Waals surface area contributed by atoms with Crippen LogP contribution in [0, 0.1) is 0 Å². The third-order valence-corrected chi connectivity index (χ3v) is 5.03. The van der Waals surface area contributed by atoms with Crippen LogP contribution < -0.4 is 10.6 Å². The van der Waals surface area contributed by atoms with Gasteiger partial charge in [0.05, 0.1) is 0 Å². The topological polar surface area (TPSA) is 58.2 Å². The van der Waals surface area contributed by atoms with Gasteiger partial charge in [-0.15, -0.1) is 0 Å². The Kier molecular flexibility index (Phi) is 4.46. The smallest absolute Gasteiger partial charge is 0.220 e. The second-order valence-electron chi connectivity index (χ2n) is 6.66. The average Bonchev–Trinajstić information content (AvgIpc) is 2.90. The summed E-state index contributed by atoms with van der Waals surface area (Å²) in [6.45, 7) is 0. The SMILES string of the molecule is O=C(CCc1ccccc1)NC1CCC2(CCC(=O)N2)CC1. The highest BCUT2D eigenvalue weighted by molar-refractivity contribution is 5.79. The van der Waals surface area contributed by atoms with Gasteiger partial charge in [0.1, 0.15) is 0 Å². The lowest BCUT2D eigenvalue weighted by atomic mass is 9.78. The van der Waals surface area contributed by atoms with E-state index in [-0.39, 0.29) is 23.4 Å². The van der Waals surface area contributed by atoms with Crippen LogP contribution in [0.4, 0.5) is 0 Å². The summed E-state index contributed by atoms with van der Waals surface area (Å²) >= 11 is 0. The molecule has 0 aromatic heterocycles. The van der Waals surface area contributed by atoms with E-state index in [2.05, 4.69) is 22.8 Å². The lowest BCUT2D eigenvalue weighted by Crippen LogP contribution is -2.49. The van der Waals surface area contributed by atoms with Gasteiger partial charge in [-0.1, -0.05) is 30.3 Å². The van der Waals surface area contributed by atoms with Gasteiger partial charge in [-0.05, 0) is 44.1 Å². The normalized spacial score (nSPS) is 27.6. The molecule has 1 saturated heterocycles. The molecule has 1 aromatic carbocycles. The standard InChI is InChI=1S/C18H24N2O2/c21-16(7-6-14-4-2-1-3-5-14)19-15-8-11-18(12-9-15)13-10-17(22)20-18/h1-5,15H,6-13H2,(H,19,21)(H,20,22). The second kappa shape index (κ2) is 6.51. The minimum Gasteiger partial charge on any atom is -0.353 e. The summed E-state index contributed by atoms with van der Waals surface area (Å²) in [6, 6.07) is 10.4. The number of amides is 2. The number of carbonyl (C=O) groups excluding carboxylic acids is 2. The fourth-order valence-electron chi connectivity index (χ4n) is 3.67. The van der Waals surface area contributed by atoms with Gasteiger partial charge < -0.3 is 10.6 Å². The Morgan fingerprint density at radius 1 is 1.18 bits per heavy atom. The first kappa shape index (κ1) is 15.1. The molecule has 22 heavy (non-hydrogen) atoms. The van der Waals surface area contributed by atoms with E-state index in [4.69, 9.17) is 0 Å². The zero-order valence-electron chi connectivity index (χ0n) is 12.9. The molecule has 1 aliphatic carbocycles. The zero-order chi connectivity index (χ0) is 15.4. The van der Waals surface area contributed by atoms with Crippen LogP contribution in [0.25, 0.3) is 0 Å². The maximum Gasteiger partial charge on any atom is 0.220 e. The van der Waals surface area contributed by atoms with E-state index in [1.165, 1.54) is 5.56 Å². The number of rotatable bonds is 4. The van der Waals surface area contributed by atoms with Crippen LogP contribution in [-0.4, -0.2) is 23.4 Å². The van der Waals surface area contributed by atoms with E-state index < -0.39 is 0 Å². The molecule has 1 spiro atoms. The Hall–Kier alpha value is -1.84. The summed E-state index contributed by atoms with van der Waals surface area (Å²) < 4.78 is 0. The molecule has 2 amide bonds. The lowest BCUT2D eigenvalue weighted by molar-refractivity contribution is -0.122. The van der Waals surface area contributed by atoms with Crippen molar-refractivity contribution in [3.63, 3.8) is 0 Å². The van der Waals surface area contributed by atoms with Gasteiger partial charge in [0.15, 0.2) is 0 Å². The summed E-state index contributed by atoms with van der Waals surface area (Å²) in [4.78, 5) is 23.5.